The first-order valence-electron chi connectivity index (χ1n) is 6.26. The van der Waals surface area contributed by atoms with Crippen LogP contribution in [0.1, 0.15) is 39.5 Å². The van der Waals surface area contributed by atoms with Gasteiger partial charge in [0.1, 0.15) is 0 Å². The quantitative estimate of drug-likeness (QED) is 0.827. The lowest BCUT2D eigenvalue weighted by Crippen LogP contribution is -2.31. The van der Waals surface area contributed by atoms with Gasteiger partial charge in [0.25, 0.3) is 0 Å². The molecule has 0 amide bonds. The summed E-state index contributed by atoms with van der Waals surface area (Å²) >= 11 is 0. The van der Waals surface area contributed by atoms with Crippen LogP contribution in [0.15, 0.2) is 4.36 Å². The molecule has 1 aliphatic rings. The summed E-state index contributed by atoms with van der Waals surface area (Å²) in [6.07, 6.45) is 8.15. The number of rotatable bonds is 4. The van der Waals surface area contributed by atoms with E-state index in [0.717, 1.165) is 25.3 Å². The monoisotopic (exact) mass is 246 g/mol. The molecule has 96 valence electrons. The molecule has 1 saturated carbocycles. The summed E-state index contributed by atoms with van der Waals surface area (Å²) in [5, 5.41) is 3.49. The van der Waals surface area contributed by atoms with Crippen molar-refractivity contribution in [2.45, 2.75) is 51.6 Å². The van der Waals surface area contributed by atoms with Crippen LogP contribution < -0.4 is 5.32 Å². The van der Waals surface area contributed by atoms with E-state index in [1.54, 1.807) is 12.5 Å². The largest absolute Gasteiger partial charge is 0.314 e. The second kappa shape index (κ2) is 6.01. The van der Waals surface area contributed by atoms with Gasteiger partial charge in [0.15, 0.2) is 0 Å². The van der Waals surface area contributed by atoms with Crippen LogP contribution in [0.5, 0.6) is 0 Å². The van der Waals surface area contributed by atoms with Crippen molar-refractivity contribution in [3.8, 4) is 0 Å². The molecule has 3 nitrogen and oxygen atoms in total. The van der Waals surface area contributed by atoms with Gasteiger partial charge in [-0.3, -0.25) is 4.21 Å². The van der Waals surface area contributed by atoms with Crippen LogP contribution in [-0.4, -0.2) is 35.3 Å². The Balaban J connectivity index is 2.32. The molecule has 1 rings (SSSR count). The van der Waals surface area contributed by atoms with E-state index in [9.17, 15) is 4.21 Å². The highest BCUT2D eigenvalue weighted by Gasteiger charge is 2.21. The first kappa shape index (κ1) is 14.0. The van der Waals surface area contributed by atoms with Crippen LogP contribution in [-0.2, 0) is 9.73 Å². The fraction of sp³-hybridized carbons (Fsp3) is 1.00. The highest BCUT2D eigenvalue weighted by atomic mass is 32.2. The minimum atomic E-state index is -1.91. The molecule has 1 N–H and O–H groups in total. The second-order valence-corrected chi connectivity index (χ2v) is 8.10. The molecule has 0 spiro atoms. The van der Waals surface area contributed by atoms with Crippen molar-refractivity contribution in [3.63, 3.8) is 0 Å². The lowest BCUT2D eigenvalue weighted by atomic mass is 9.86. The maximum atomic E-state index is 11.6. The van der Waals surface area contributed by atoms with E-state index in [1.165, 1.54) is 12.8 Å². The van der Waals surface area contributed by atoms with Gasteiger partial charge >= 0.3 is 0 Å². The summed E-state index contributed by atoms with van der Waals surface area (Å²) in [4.78, 5) is 0. The fourth-order valence-corrected chi connectivity index (χ4v) is 3.14. The molecule has 0 atom stereocenters. The van der Waals surface area contributed by atoms with Crippen LogP contribution in [0, 0.1) is 5.92 Å². The molecule has 0 unspecified atom stereocenters. The third-order valence-electron chi connectivity index (χ3n) is 3.03. The average molecular weight is 246 g/mol. The van der Waals surface area contributed by atoms with Crippen molar-refractivity contribution in [1.82, 2.24) is 5.32 Å². The normalized spacial score (nSPS) is 27.1. The minimum Gasteiger partial charge on any atom is -0.314 e. The van der Waals surface area contributed by atoms with Gasteiger partial charge in [-0.25, -0.2) is 4.36 Å². The van der Waals surface area contributed by atoms with Crippen LogP contribution in [0.2, 0.25) is 0 Å². The molecule has 0 aliphatic heterocycles. The molecular formula is C12H26N2OS. The van der Waals surface area contributed by atoms with Crippen LogP contribution in [0.4, 0.5) is 0 Å². The Labute approximate surface area is 101 Å². The summed E-state index contributed by atoms with van der Waals surface area (Å²) in [7, 11) is -1.91. The molecule has 0 radical (unpaired) electrons. The van der Waals surface area contributed by atoms with Gasteiger partial charge in [0.05, 0.1) is 6.04 Å². The van der Waals surface area contributed by atoms with Gasteiger partial charge in [-0.15, -0.1) is 0 Å². The van der Waals surface area contributed by atoms with Crippen LogP contribution in [0.25, 0.3) is 0 Å². The van der Waals surface area contributed by atoms with Crippen molar-refractivity contribution in [3.05, 3.63) is 0 Å². The Hall–Kier alpha value is -0.0900. The number of nitrogens with zero attached hydrogens (tertiary/aromatic N) is 1. The summed E-state index contributed by atoms with van der Waals surface area (Å²) in [6.45, 7) is 5.49. The molecule has 0 heterocycles. The highest BCUT2D eigenvalue weighted by Crippen LogP contribution is 2.26. The molecule has 1 aliphatic carbocycles. The molecule has 0 bridgehead atoms. The Morgan fingerprint density at radius 1 is 1.25 bits per heavy atom. The molecule has 0 saturated heterocycles. The van der Waals surface area contributed by atoms with Crippen molar-refractivity contribution in [2.24, 2.45) is 10.3 Å². The van der Waals surface area contributed by atoms with Crippen molar-refractivity contribution in [1.29, 1.82) is 0 Å². The maximum absolute atomic E-state index is 11.6. The zero-order valence-electron chi connectivity index (χ0n) is 11.0. The predicted octanol–water partition coefficient (Wildman–Crippen LogP) is 2.27. The molecular weight excluding hydrogens is 220 g/mol. The molecule has 0 aromatic heterocycles. The van der Waals surface area contributed by atoms with E-state index in [1.807, 2.05) is 0 Å². The zero-order chi connectivity index (χ0) is 12.2. The fourth-order valence-electron chi connectivity index (χ4n) is 2.22. The number of hydrogen-bond donors (Lipinski definition) is 1. The molecule has 4 heteroatoms. The zero-order valence-corrected chi connectivity index (χ0v) is 11.8. The number of nitrogens with one attached hydrogen (secondary N) is 1. The van der Waals surface area contributed by atoms with Crippen LogP contribution >= 0.6 is 0 Å². The van der Waals surface area contributed by atoms with E-state index in [2.05, 4.69) is 23.5 Å². The third kappa shape index (κ3) is 5.85. The molecule has 16 heavy (non-hydrogen) atoms. The molecule has 0 aromatic rings. The topological polar surface area (TPSA) is 41.5 Å². The highest BCUT2D eigenvalue weighted by molar-refractivity contribution is 7.92. The smallest absolute Gasteiger partial charge is 0.0594 e. The Kier molecular flexibility index (Phi) is 5.25. The Morgan fingerprint density at radius 3 is 2.25 bits per heavy atom. The van der Waals surface area contributed by atoms with Crippen molar-refractivity contribution in [2.75, 3.05) is 19.1 Å². The van der Waals surface area contributed by atoms with Gasteiger partial charge in [-0.2, -0.15) is 0 Å². The van der Waals surface area contributed by atoms with E-state index in [4.69, 9.17) is 0 Å². The van der Waals surface area contributed by atoms with Gasteiger partial charge in [-0.05, 0) is 38.1 Å². The average Bonchev–Trinajstić information content (AvgIpc) is 2.14. The summed E-state index contributed by atoms with van der Waals surface area (Å²) in [5.41, 5.74) is 0. The lowest BCUT2D eigenvalue weighted by molar-refractivity contribution is 0.310. The number of hydrogen-bond acceptors (Lipinski definition) is 3. The SMILES string of the molecule is CC(C)NCC1CCC(N=S(C)(C)=O)CC1. The van der Waals surface area contributed by atoms with Gasteiger partial charge in [0.2, 0.25) is 0 Å². The van der Waals surface area contributed by atoms with Gasteiger partial charge in [-0.1, -0.05) is 13.8 Å². The predicted molar refractivity (Wildman–Crippen MR) is 71.3 cm³/mol. The minimum absolute atomic E-state index is 0.345. The van der Waals surface area contributed by atoms with Gasteiger partial charge < -0.3 is 5.32 Å². The van der Waals surface area contributed by atoms with E-state index in [0.29, 0.717) is 12.1 Å². The maximum Gasteiger partial charge on any atom is 0.0594 e. The molecule has 0 aromatic carbocycles. The molecule has 1 fully saturated rings. The van der Waals surface area contributed by atoms with E-state index < -0.39 is 9.73 Å². The Bertz CT molecular complexity index is 303. The third-order valence-corrected chi connectivity index (χ3v) is 3.84. The van der Waals surface area contributed by atoms with Crippen molar-refractivity contribution >= 4 is 9.73 Å². The Morgan fingerprint density at radius 2 is 1.81 bits per heavy atom. The first-order valence-corrected chi connectivity index (χ1v) is 8.59. The van der Waals surface area contributed by atoms with E-state index in [-0.39, 0.29) is 0 Å². The summed E-state index contributed by atoms with van der Waals surface area (Å²) in [5.74, 6) is 0.790. The van der Waals surface area contributed by atoms with E-state index >= 15 is 0 Å². The summed E-state index contributed by atoms with van der Waals surface area (Å²) in [6, 6.07) is 0.922. The second-order valence-electron chi connectivity index (χ2n) is 5.52. The standard InChI is InChI=1S/C12H26N2OS/c1-10(2)13-9-11-5-7-12(8-6-11)14-16(3,4)15/h10-13H,5-9H2,1-4H3. The first-order chi connectivity index (χ1) is 7.37. The van der Waals surface area contributed by atoms with Crippen LogP contribution in [0.3, 0.4) is 0 Å². The van der Waals surface area contributed by atoms with Crippen molar-refractivity contribution < 1.29 is 4.21 Å². The lowest BCUT2D eigenvalue weighted by Gasteiger charge is -2.27. The summed E-state index contributed by atoms with van der Waals surface area (Å²) < 4.78 is 16.0. The van der Waals surface area contributed by atoms with Gasteiger partial charge in [0, 0.05) is 28.3 Å².